The van der Waals surface area contributed by atoms with E-state index < -0.39 is 11.9 Å². The molecule has 12 nitrogen and oxygen atoms in total. The highest BCUT2D eigenvalue weighted by Gasteiger charge is 2.45. The predicted octanol–water partition coefficient (Wildman–Crippen LogP) is 2.29. The highest BCUT2D eigenvalue weighted by molar-refractivity contribution is 5.98. The van der Waals surface area contributed by atoms with Crippen molar-refractivity contribution in [1.29, 1.82) is 0 Å². The van der Waals surface area contributed by atoms with E-state index in [-0.39, 0.29) is 24.0 Å². The highest BCUT2D eigenvalue weighted by Crippen LogP contribution is 2.36. The van der Waals surface area contributed by atoms with Gasteiger partial charge in [-0.2, -0.15) is 4.98 Å². The number of carbonyl (C=O) groups is 3. The van der Waals surface area contributed by atoms with Crippen LogP contribution in [0.5, 0.6) is 0 Å². The third-order valence-electron chi connectivity index (χ3n) is 9.01. The number of nitrogens with one attached hydrogen (secondary N) is 1. The number of hydrogen-bond acceptors (Lipinski definition) is 9. The maximum absolute atomic E-state index is 13.5. The van der Waals surface area contributed by atoms with E-state index in [1.807, 2.05) is 21.9 Å². The fraction of sp³-hybridized carbons (Fsp3) is 0.552. The van der Waals surface area contributed by atoms with Crippen molar-refractivity contribution in [3.8, 4) is 0 Å². The molecule has 0 saturated carbocycles. The summed E-state index contributed by atoms with van der Waals surface area (Å²) in [5.41, 5.74) is 2.97. The summed E-state index contributed by atoms with van der Waals surface area (Å²) in [4.78, 5) is 57.7. The van der Waals surface area contributed by atoms with E-state index in [1.165, 1.54) is 12.8 Å². The number of likely N-dealkylation sites (N-methyl/N-ethyl adjacent to an activating group) is 1. The van der Waals surface area contributed by atoms with Crippen LogP contribution in [0.25, 0.3) is 0 Å². The Kier molecular flexibility index (Phi) is 7.41. The quantitative estimate of drug-likeness (QED) is 0.433. The number of ether oxygens (including phenoxy) is 1. The SMILES string of the molecule is COC(=O)C1CC[C@H]2CC(N3Cc4cnc(Nc5ccc(N6CCN(C)CC6)cc5)nc4N(C)C3=O)CCN2C1=O. The molecule has 3 amide bonds. The molecule has 6 rings (SSSR count). The smallest absolute Gasteiger partial charge is 0.325 e. The summed E-state index contributed by atoms with van der Waals surface area (Å²) >= 11 is 0. The zero-order valence-corrected chi connectivity index (χ0v) is 24.0. The van der Waals surface area contributed by atoms with Crippen LogP contribution in [0.4, 0.5) is 27.9 Å². The second-order valence-corrected chi connectivity index (χ2v) is 11.5. The topological polar surface area (TPSA) is 114 Å². The second-order valence-electron chi connectivity index (χ2n) is 11.5. The number of anilines is 4. The number of amides is 3. The van der Waals surface area contributed by atoms with Crippen LogP contribution in [-0.4, -0.2) is 109 Å². The molecule has 3 saturated heterocycles. The Morgan fingerprint density at radius 2 is 1.68 bits per heavy atom. The molecule has 4 aliphatic heterocycles. The molecule has 4 aliphatic rings. The molecule has 1 N–H and O–H groups in total. The van der Waals surface area contributed by atoms with E-state index >= 15 is 0 Å². The zero-order valence-electron chi connectivity index (χ0n) is 24.0. The minimum absolute atomic E-state index is 0.00144. The Morgan fingerprint density at radius 3 is 2.41 bits per heavy atom. The predicted molar refractivity (Wildman–Crippen MR) is 154 cm³/mol. The van der Waals surface area contributed by atoms with Crippen LogP contribution in [0.3, 0.4) is 0 Å². The van der Waals surface area contributed by atoms with Gasteiger partial charge < -0.3 is 29.7 Å². The minimum atomic E-state index is -0.711. The van der Waals surface area contributed by atoms with Crippen LogP contribution in [0.2, 0.25) is 0 Å². The monoisotopic (exact) mass is 562 g/mol. The number of benzene rings is 1. The number of piperazine rings is 1. The first kappa shape index (κ1) is 27.3. The van der Waals surface area contributed by atoms with E-state index in [1.54, 1.807) is 18.1 Å². The van der Waals surface area contributed by atoms with Crippen LogP contribution >= 0.6 is 0 Å². The maximum atomic E-state index is 13.5. The van der Waals surface area contributed by atoms with Gasteiger partial charge in [0.25, 0.3) is 0 Å². The summed E-state index contributed by atoms with van der Waals surface area (Å²) in [6.45, 7) is 5.10. The Hall–Kier alpha value is -3.93. The summed E-state index contributed by atoms with van der Waals surface area (Å²) in [5, 5.41) is 3.28. The molecule has 0 bridgehead atoms. The van der Waals surface area contributed by atoms with Crippen LogP contribution < -0.4 is 15.1 Å². The third-order valence-corrected chi connectivity index (χ3v) is 9.01. The number of nitrogens with zero attached hydrogens (tertiary/aromatic N) is 7. The fourth-order valence-corrected chi connectivity index (χ4v) is 6.55. The van der Waals surface area contributed by atoms with Crippen molar-refractivity contribution in [1.82, 2.24) is 24.7 Å². The van der Waals surface area contributed by atoms with Crippen LogP contribution in [0.15, 0.2) is 30.5 Å². The molecule has 218 valence electrons. The lowest BCUT2D eigenvalue weighted by molar-refractivity contribution is -0.159. The first-order chi connectivity index (χ1) is 19.8. The van der Waals surface area contributed by atoms with E-state index in [4.69, 9.17) is 9.72 Å². The lowest BCUT2D eigenvalue weighted by Gasteiger charge is -2.48. The number of fused-ring (bicyclic) bond motifs is 2. The van der Waals surface area contributed by atoms with E-state index in [2.05, 4.69) is 39.3 Å². The molecule has 0 radical (unpaired) electrons. The van der Waals surface area contributed by atoms with Gasteiger partial charge in [0.2, 0.25) is 11.9 Å². The number of carbonyl (C=O) groups excluding carboxylic acids is 3. The van der Waals surface area contributed by atoms with Gasteiger partial charge in [-0.1, -0.05) is 0 Å². The zero-order chi connectivity index (χ0) is 28.7. The lowest BCUT2D eigenvalue weighted by Crippen LogP contribution is -2.59. The molecule has 2 aromatic rings. The van der Waals surface area contributed by atoms with Gasteiger partial charge in [0.1, 0.15) is 11.7 Å². The van der Waals surface area contributed by atoms with Gasteiger partial charge in [-0.3, -0.25) is 14.5 Å². The average Bonchev–Trinajstić information content (AvgIpc) is 2.99. The normalized spacial score (nSPS) is 25.1. The molecule has 3 fully saturated rings. The molecule has 1 aromatic carbocycles. The molecule has 5 heterocycles. The standard InChI is InChI=1S/C29H38N8O4/c1-33-12-14-35(15-13-33)21-6-4-20(5-7-21)31-28-30-17-19-18-37(29(40)34(2)25(19)32-28)23-10-11-36-22(16-23)8-9-24(26(36)38)27(39)41-3/h4-7,17,22-24H,8-16,18H2,1-3H3,(H,30,31,32)/t22-,23?,24?/m0/s1. The van der Waals surface area contributed by atoms with Gasteiger partial charge in [0.05, 0.1) is 13.7 Å². The molecule has 12 heteroatoms. The van der Waals surface area contributed by atoms with Gasteiger partial charge in [-0.25, -0.2) is 9.78 Å². The molecule has 3 atom stereocenters. The number of methoxy groups -OCH3 is 1. The first-order valence-electron chi connectivity index (χ1n) is 14.4. The molecular formula is C29H38N8O4. The molecule has 41 heavy (non-hydrogen) atoms. The van der Waals surface area contributed by atoms with Crippen molar-refractivity contribution in [2.75, 3.05) is 69.0 Å². The summed E-state index contributed by atoms with van der Waals surface area (Å²) in [6, 6.07) is 8.20. The lowest BCUT2D eigenvalue weighted by atomic mass is 9.84. The van der Waals surface area contributed by atoms with E-state index in [0.29, 0.717) is 44.1 Å². The summed E-state index contributed by atoms with van der Waals surface area (Å²) < 4.78 is 4.82. The number of esters is 1. The summed E-state index contributed by atoms with van der Waals surface area (Å²) in [7, 11) is 5.21. The van der Waals surface area contributed by atoms with Crippen LogP contribution in [0, 0.1) is 5.92 Å². The molecule has 0 spiro atoms. The molecule has 0 aliphatic carbocycles. The van der Waals surface area contributed by atoms with Gasteiger partial charge in [-0.15, -0.1) is 0 Å². The Bertz CT molecular complexity index is 1310. The van der Waals surface area contributed by atoms with Crippen LogP contribution in [-0.2, 0) is 20.9 Å². The minimum Gasteiger partial charge on any atom is -0.468 e. The van der Waals surface area contributed by atoms with Crippen molar-refractivity contribution in [3.05, 3.63) is 36.0 Å². The molecule has 1 aromatic heterocycles. The number of aromatic nitrogens is 2. The van der Waals surface area contributed by atoms with Gasteiger partial charge in [0.15, 0.2) is 0 Å². The Balaban J connectivity index is 1.10. The second kappa shape index (κ2) is 11.2. The molecular weight excluding hydrogens is 524 g/mol. The fourth-order valence-electron chi connectivity index (χ4n) is 6.55. The van der Waals surface area contributed by atoms with Crippen molar-refractivity contribution in [2.45, 2.75) is 44.3 Å². The van der Waals surface area contributed by atoms with Crippen molar-refractivity contribution in [2.24, 2.45) is 5.92 Å². The van der Waals surface area contributed by atoms with Crippen molar-refractivity contribution >= 4 is 41.0 Å². The maximum Gasteiger partial charge on any atom is 0.325 e. The number of piperidine rings is 2. The molecule has 2 unspecified atom stereocenters. The van der Waals surface area contributed by atoms with Crippen molar-refractivity contribution in [3.63, 3.8) is 0 Å². The van der Waals surface area contributed by atoms with Gasteiger partial charge in [0, 0.05) is 75.0 Å². The third kappa shape index (κ3) is 5.28. The van der Waals surface area contributed by atoms with Crippen LogP contribution in [0.1, 0.15) is 31.2 Å². The summed E-state index contributed by atoms with van der Waals surface area (Å²) in [5.74, 6) is -0.280. The van der Waals surface area contributed by atoms with Gasteiger partial charge >= 0.3 is 12.0 Å². The van der Waals surface area contributed by atoms with Crippen molar-refractivity contribution < 1.29 is 19.1 Å². The Labute approximate surface area is 240 Å². The van der Waals surface area contributed by atoms with E-state index in [0.717, 1.165) is 43.9 Å². The van der Waals surface area contributed by atoms with E-state index in [9.17, 15) is 14.4 Å². The Morgan fingerprint density at radius 1 is 0.951 bits per heavy atom. The number of rotatable bonds is 5. The highest BCUT2D eigenvalue weighted by atomic mass is 16.5. The average molecular weight is 563 g/mol. The number of hydrogen-bond donors (Lipinski definition) is 1. The number of urea groups is 1. The van der Waals surface area contributed by atoms with Gasteiger partial charge in [-0.05, 0) is 57.0 Å². The first-order valence-corrected chi connectivity index (χ1v) is 14.4. The summed E-state index contributed by atoms with van der Waals surface area (Å²) in [6.07, 6.45) is 4.36. The largest absolute Gasteiger partial charge is 0.468 e.